The number of aryl methyl sites for hydroxylation is 1. The first kappa shape index (κ1) is 23.6. The Kier molecular flexibility index (Phi) is 7.14. The normalized spacial score (nSPS) is 21.2. The summed E-state index contributed by atoms with van der Waals surface area (Å²) in [5.74, 6) is 0.352. The van der Waals surface area contributed by atoms with Gasteiger partial charge in [0.05, 0.1) is 11.6 Å². The number of piperidine rings is 1. The summed E-state index contributed by atoms with van der Waals surface area (Å²) in [6.07, 6.45) is 0.876. The lowest BCUT2D eigenvalue weighted by Crippen LogP contribution is -2.53. The topological polar surface area (TPSA) is 26.8 Å². The lowest BCUT2D eigenvalue weighted by Gasteiger charge is -2.42. The molecule has 0 bridgehead atoms. The van der Waals surface area contributed by atoms with Crippen molar-refractivity contribution in [1.82, 2.24) is 9.80 Å². The van der Waals surface area contributed by atoms with Crippen molar-refractivity contribution in [2.45, 2.75) is 25.8 Å². The maximum atomic E-state index is 14.2. The summed E-state index contributed by atoms with van der Waals surface area (Å²) in [4.78, 5) is 20.2. The van der Waals surface area contributed by atoms with Gasteiger partial charge >= 0.3 is 0 Å². The predicted molar refractivity (Wildman–Crippen MR) is 139 cm³/mol. The molecule has 2 atom stereocenters. The van der Waals surface area contributed by atoms with Gasteiger partial charge < -0.3 is 9.80 Å². The number of anilines is 1. The molecule has 0 unspecified atom stereocenters. The molecular weight excluding hydrogens is 437 g/mol. The van der Waals surface area contributed by atoms with Gasteiger partial charge in [-0.05, 0) is 42.5 Å². The molecule has 2 saturated heterocycles. The molecule has 0 spiro atoms. The number of para-hydroxylation sites is 1. The van der Waals surface area contributed by atoms with Crippen LogP contribution in [0.5, 0.6) is 0 Å². The number of piperazine rings is 1. The van der Waals surface area contributed by atoms with Gasteiger partial charge in [-0.2, -0.15) is 0 Å². The molecule has 0 radical (unpaired) electrons. The maximum Gasteiger partial charge on any atom is 0.227 e. The van der Waals surface area contributed by atoms with Crippen LogP contribution in [0.1, 0.15) is 29.0 Å². The van der Waals surface area contributed by atoms with Crippen LogP contribution in [0, 0.1) is 18.7 Å². The molecule has 2 heterocycles. The highest BCUT2D eigenvalue weighted by Crippen LogP contribution is 2.33. The first-order valence-electron chi connectivity index (χ1n) is 12.7. The minimum absolute atomic E-state index is 0.0296. The molecule has 2 aliphatic heterocycles. The summed E-state index contributed by atoms with van der Waals surface area (Å²) in [5, 5.41) is 0. The number of carbonyl (C=O) groups is 1. The Labute approximate surface area is 208 Å². The number of amides is 1. The third-order valence-corrected chi connectivity index (χ3v) is 7.42. The Hall–Kier alpha value is -3.18. The number of hydrogen-bond acceptors (Lipinski definition) is 3. The van der Waals surface area contributed by atoms with Crippen LogP contribution in [0.3, 0.4) is 0 Å². The lowest BCUT2D eigenvalue weighted by molar-refractivity contribution is -0.138. The highest BCUT2D eigenvalue weighted by molar-refractivity contribution is 5.79. The molecule has 3 aromatic rings. The molecule has 0 saturated carbocycles. The Bertz CT molecular complexity index is 1140. The predicted octanol–water partition coefficient (Wildman–Crippen LogP) is 5.09. The van der Waals surface area contributed by atoms with E-state index in [-0.39, 0.29) is 17.6 Å². The Morgan fingerprint density at radius 2 is 1.63 bits per heavy atom. The third kappa shape index (κ3) is 5.57. The summed E-state index contributed by atoms with van der Waals surface area (Å²) in [7, 11) is 0. The average molecular weight is 472 g/mol. The largest absolute Gasteiger partial charge is 0.366 e. The molecule has 35 heavy (non-hydrogen) atoms. The van der Waals surface area contributed by atoms with Crippen molar-refractivity contribution in [3.63, 3.8) is 0 Å². The van der Waals surface area contributed by atoms with Gasteiger partial charge in [0.2, 0.25) is 5.91 Å². The van der Waals surface area contributed by atoms with E-state index in [1.54, 1.807) is 6.07 Å². The SMILES string of the molecule is Cc1cccc([C@H]2C[C@@H](C(=O)N3CCN(c4ccccc4F)CC3)CN(Cc3ccccc3)C2)c1. The molecule has 0 aromatic heterocycles. The molecule has 0 N–H and O–H groups in total. The summed E-state index contributed by atoms with van der Waals surface area (Å²) in [6.45, 7) is 7.32. The van der Waals surface area contributed by atoms with Crippen LogP contribution in [-0.2, 0) is 11.3 Å². The zero-order valence-corrected chi connectivity index (χ0v) is 20.4. The highest BCUT2D eigenvalue weighted by Gasteiger charge is 2.35. The van der Waals surface area contributed by atoms with Crippen LogP contribution in [0.2, 0.25) is 0 Å². The average Bonchev–Trinajstić information content (AvgIpc) is 2.89. The van der Waals surface area contributed by atoms with E-state index in [1.165, 1.54) is 22.8 Å². The number of likely N-dealkylation sites (tertiary alicyclic amines) is 1. The zero-order valence-electron chi connectivity index (χ0n) is 20.4. The van der Waals surface area contributed by atoms with Crippen molar-refractivity contribution in [3.8, 4) is 0 Å². The van der Waals surface area contributed by atoms with E-state index >= 15 is 0 Å². The number of rotatable bonds is 5. The summed E-state index contributed by atoms with van der Waals surface area (Å²) < 4.78 is 14.2. The first-order chi connectivity index (χ1) is 17.1. The zero-order chi connectivity index (χ0) is 24.2. The first-order valence-corrected chi connectivity index (χ1v) is 12.7. The van der Waals surface area contributed by atoms with Gasteiger partial charge in [0.15, 0.2) is 0 Å². The van der Waals surface area contributed by atoms with Gasteiger partial charge in [-0.15, -0.1) is 0 Å². The fraction of sp³-hybridized carbons (Fsp3) is 0.367. The molecular formula is C30H34FN3O. The van der Waals surface area contributed by atoms with Crippen molar-refractivity contribution < 1.29 is 9.18 Å². The second-order valence-electron chi connectivity index (χ2n) is 9.99. The molecule has 5 heteroatoms. The van der Waals surface area contributed by atoms with E-state index in [0.717, 1.165) is 26.1 Å². The van der Waals surface area contributed by atoms with Gasteiger partial charge in [0.25, 0.3) is 0 Å². The van der Waals surface area contributed by atoms with Crippen LogP contribution in [0.15, 0.2) is 78.9 Å². The summed E-state index contributed by atoms with van der Waals surface area (Å²) in [5.41, 5.74) is 4.49. The van der Waals surface area contributed by atoms with Gasteiger partial charge in [-0.3, -0.25) is 9.69 Å². The Morgan fingerprint density at radius 1 is 0.886 bits per heavy atom. The Morgan fingerprint density at radius 3 is 2.37 bits per heavy atom. The van der Waals surface area contributed by atoms with Crippen molar-refractivity contribution in [2.75, 3.05) is 44.2 Å². The summed E-state index contributed by atoms with van der Waals surface area (Å²) >= 11 is 0. The molecule has 2 aliphatic rings. The fourth-order valence-electron chi connectivity index (χ4n) is 5.64. The van der Waals surface area contributed by atoms with Gasteiger partial charge in [0, 0.05) is 45.8 Å². The van der Waals surface area contributed by atoms with E-state index in [1.807, 2.05) is 23.1 Å². The fourth-order valence-corrected chi connectivity index (χ4v) is 5.64. The minimum atomic E-state index is -0.197. The van der Waals surface area contributed by atoms with Crippen LogP contribution in [0.4, 0.5) is 10.1 Å². The van der Waals surface area contributed by atoms with Crippen molar-refractivity contribution >= 4 is 11.6 Å². The van der Waals surface area contributed by atoms with Crippen LogP contribution in [0.25, 0.3) is 0 Å². The van der Waals surface area contributed by atoms with Gasteiger partial charge in [0.1, 0.15) is 5.82 Å². The van der Waals surface area contributed by atoms with Crippen LogP contribution >= 0.6 is 0 Å². The number of nitrogens with zero attached hydrogens (tertiary/aromatic N) is 3. The van der Waals surface area contributed by atoms with Crippen LogP contribution in [-0.4, -0.2) is 55.0 Å². The number of benzene rings is 3. The maximum absolute atomic E-state index is 14.2. The van der Waals surface area contributed by atoms with E-state index in [0.29, 0.717) is 37.8 Å². The third-order valence-electron chi connectivity index (χ3n) is 7.42. The highest BCUT2D eigenvalue weighted by atomic mass is 19.1. The van der Waals surface area contributed by atoms with Crippen LogP contribution < -0.4 is 4.90 Å². The molecule has 4 nitrogen and oxygen atoms in total. The second kappa shape index (κ2) is 10.6. The molecule has 182 valence electrons. The van der Waals surface area contributed by atoms with Crippen molar-refractivity contribution in [2.24, 2.45) is 5.92 Å². The second-order valence-corrected chi connectivity index (χ2v) is 9.99. The van der Waals surface area contributed by atoms with E-state index < -0.39 is 0 Å². The number of halogens is 1. The standard InChI is InChI=1S/C30H34FN3O/c1-23-8-7-11-25(18-23)26-19-27(22-32(21-26)20-24-9-3-2-4-10-24)30(35)34-16-14-33(15-17-34)29-13-6-5-12-28(29)31/h2-13,18,26-27H,14-17,19-22H2,1H3/t26-,27+/m0/s1. The lowest BCUT2D eigenvalue weighted by atomic mass is 9.83. The number of hydrogen-bond donors (Lipinski definition) is 0. The van der Waals surface area contributed by atoms with Crippen molar-refractivity contribution in [1.29, 1.82) is 0 Å². The molecule has 1 amide bonds. The molecule has 5 rings (SSSR count). The minimum Gasteiger partial charge on any atom is -0.366 e. The molecule has 3 aromatic carbocycles. The van der Waals surface area contributed by atoms with E-state index in [2.05, 4.69) is 65.3 Å². The van der Waals surface area contributed by atoms with Gasteiger partial charge in [-0.25, -0.2) is 4.39 Å². The molecule has 0 aliphatic carbocycles. The number of carbonyl (C=O) groups excluding carboxylic acids is 1. The molecule has 2 fully saturated rings. The van der Waals surface area contributed by atoms with E-state index in [4.69, 9.17) is 0 Å². The van der Waals surface area contributed by atoms with Gasteiger partial charge in [-0.1, -0.05) is 72.3 Å². The smallest absolute Gasteiger partial charge is 0.227 e. The monoisotopic (exact) mass is 471 g/mol. The van der Waals surface area contributed by atoms with Crippen molar-refractivity contribution in [3.05, 3.63) is 101 Å². The Balaban J connectivity index is 1.29. The summed E-state index contributed by atoms with van der Waals surface area (Å²) in [6, 6.07) is 26.2. The quantitative estimate of drug-likeness (QED) is 0.519. The van der Waals surface area contributed by atoms with E-state index in [9.17, 15) is 9.18 Å².